The van der Waals surface area contributed by atoms with Crippen molar-refractivity contribution in [3.05, 3.63) is 0 Å². The summed E-state index contributed by atoms with van der Waals surface area (Å²) in [5.41, 5.74) is 0. The standard InChI is InChI=1S/C9H18ClNO/c1-3-5-9(12)11-7-6-8(10)4-2/h8H,3-7H2,1-2H3,(H,11,12). The topological polar surface area (TPSA) is 29.1 Å². The minimum absolute atomic E-state index is 0.137. The molecule has 72 valence electrons. The molecule has 3 heteroatoms. The highest BCUT2D eigenvalue weighted by molar-refractivity contribution is 6.20. The average molecular weight is 192 g/mol. The molecule has 0 aromatic heterocycles. The Morgan fingerprint density at radius 1 is 1.50 bits per heavy atom. The van der Waals surface area contributed by atoms with E-state index in [0.717, 1.165) is 19.3 Å². The van der Waals surface area contributed by atoms with Gasteiger partial charge in [0.05, 0.1) is 0 Å². The van der Waals surface area contributed by atoms with Gasteiger partial charge in [-0.1, -0.05) is 13.8 Å². The average Bonchev–Trinajstić information content (AvgIpc) is 2.04. The second-order valence-corrected chi connectivity index (χ2v) is 3.51. The molecule has 0 fully saturated rings. The smallest absolute Gasteiger partial charge is 0.219 e. The van der Waals surface area contributed by atoms with E-state index in [-0.39, 0.29) is 11.3 Å². The van der Waals surface area contributed by atoms with Gasteiger partial charge in [-0.3, -0.25) is 4.79 Å². The molecule has 0 spiro atoms. The van der Waals surface area contributed by atoms with Gasteiger partial charge in [-0.15, -0.1) is 11.6 Å². The lowest BCUT2D eigenvalue weighted by Crippen LogP contribution is -2.25. The molecule has 0 saturated carbocycles. The van der Waals surface area contributed by atoms with E-state index in [1.807, 2.05) is 13.8 Å². The van der Waals surface area contributed by atoms with E-state index in [1.54, 1.807) is 0 Å². The molecule has 0 aromatic rings. The fourth-order valence-corrected chi connectivity index (χ4v) is 0.997. The molecule has 0 aliphatic carbocycles. The van der Waals surface area contributed by atoms with Crippen LogP contribution in [0.2, 0.25) is 0 Å². The molecule has 0 radical (unpaired) electrons. The molecule has 1 amide bonds. The van der Waals surface area contributed by atoms with Gasteiger partial charge < -0.3 is 5.32 Å². The number of amides is 1. The van der Waals surface area contributed by atoms with Gasteiger partial charge in [0.15, 0.2) is 0 Å². The Balaban J connectivity index is 3.24. The number of nitrogens with one attached hydrogen (secondary N) is 1. The van der Waals surface area contributed by atoms with Crippen LogP contribution in [-0.4, -0.2) is 17.8 Å². The summed E-state index contributed by atoms with van der Waals surface area (Å²) in [6.07, 6.45) is 3.36. The van der Waals surface area contributed by atoms with Crippen LogP contribution in [-0.2, 0) is 4.79 Å². The number of carbonyl (C=O) groups is 1. The van der Waals surface area contributed by atoms with Gasteiger partial charge in [0.25, 0.3) is 0 Å². The number of halogens is 1. The van der Waals surface area contributed by atoms with Crippen molar-refractivity contribution in [1.82, 2.24) is 5.32 Å². The molecule has 0 aliphatic heterocycles. The SMILES string of the molecule is CCCC(=O)NCCC(Cl)CC. The first-order valence-electron chi connectivity index (χ1n) is 4.61. The lowest BCUT2D eigenvalue weighted by molar-refractivity contribution is -0.121. The van der Waals surface area contributed by atoms with Crippen molar-refractivity contribution in [2.24, 2.45) is 0 Å². The van der Waals surface area contributed by atoms with Crippen LogP contribution in [0.1, 0.15) is 39.5 Å². The number of alkyl halides is 1. The van der Waals surface area contributed by atoms with Crippen LogP contribution in [0.3, 0.4) is 0 Å². The zero-order valence-corrected chi connectivity index (χ0v) is 8.66. The number of hydrogen-bond acceptors (Lipinski definition) is 1. The second kappa shape index (κ2) is 7.41. The Morgan fingerprint density at radius 2 is 2.17 bits per heavy atom. The van der Waals surface area contributed by atoms with Crippen LogP contribution in [0.15, 0.2) is 0 Å². The minimum Gasteiger partial charge on any atom is -0.356 e. The minimum atomic E-state index is 0.137. The van der Waals surface area contributed by atoms with Crippen molar-refractivity contribution in [3.63, 3.8) is 0 Å². The maximum absolute atomic E-state index is 11.0. The molecule has 2 nitrogen and oxygen atoms in total. The van der Waals surface area contributed by atoms with Crippen molar-refractivity contribution in [1.29, 1.82) is 0 Å². The summed E-state index contributed by atoms with van der Waals surface area (Å²) in [4.78, 5) is 11.0. The van der Waals surface area contributed by atoms with Gasteiger partial charge in [0.2, 0.25) is 5.91 Å². The number of rotatable bonds is 6. The Hall–Kier alpha value is -0.240. The third-order valence-corrected chi connectivity index (χ3v) is 2.23. The summed E-state index contributed by atoms with van der Waals surface area (Å²) in [7, 11) is 0. The van der Waals surface area contributed by atoms with Crippen molar-refractivity contribution in [3.8, 4) is 0 Å². The molecular formula is C9H18ClNO. The molecule has 1 atom stereocenters. The molecule has 0 aromatic carbocycles. The van der Waals surface area contributed by atoms with Crippen molar-refractivity contribution in [2.45, 2.75) is 44.9 Å². The highest BCUT2D eigenvalue weighted by atomic mass is 35.5. The van der Waals surface area contributed by atoms with Crippen LogP contribution in [0, 0.1) is 0 Å². The van der Waals surface area contributed by atoms with E-state index >= 15 is 0 Å². The molecule has 0 rings (SSSR count). The molecule has 0 saturated heterocycles. The zero-order valence-electron chi connectivity index (χ0n) is 7.90. The first kappa shape index (κ1) is 11.8. The third kappa shape index (κ3) is 6.47. The monoisotopic (exact) mass is 191 g/mol. The van der Waals surface area contributed by atoms with Gasteiger partial charge in [-0.2, -0.15) is 0 Å². The van der Waals surface area contributed by atoms with E-state index in [1.165, 1.54) is 0 Å². The normalized spacial score (nSPS) is 12.6. The largest absolute Gasteiger partial charge is 0.356 e. The van der Waals surface area contributed by atoms with Crippen LogP contribution >= 0.6 is 11.6 Å². The fraction of sp³-hybridized carbons (Fsp3) is 0.889. The lowest BCUT2D eigenvalue weighted by atomic mass is 10.2. The van der Waals surface area contributed by atoms with Crippen LogP contribution < -0.4 is 5.32 Å². The summed E-state index contributed by atoms with van der Waals surface area (Å²) in [5, 5.41) is 3.03. The number of carbonyl (C=O) groups excluding carboxylic acids is 1. The Kier molecular flexibility index (Phi) is 7.26. The quantitative estimate of drug-likeness (QED) is 0.642. The zero-order chi connectivity index (χ0) is 9.40. The maximum Gasteiger partial charge on any atom is 0.219 e. The molecule has 0 bridgehead atoms. The summed E-state index contributed by atoms with van der Waals surface area (Å²) >= 11 is 5.87. The van der Waals surface area contributed by atoms with E-state index < -0.39 is 0 Å². The Morgan fingerprint density at radius 3 is 2.67 bits per heavy atom. The molecule has 0 aliphatic rings. The van der Waals surface area contributed by atoms with Gasteiger partial charge >= 0.3 is 0 Å². The third-order valence-electron chi connectivity index (χ3n) is 1.70. The predicted molar refractivity (Wildman–Crippen MR) is 52.5 cm³/mol. The van der Waals surface area contributed by atoms with Crippen LogP contribution in [0.25, 0.3) is 0 Å². The molecule has 1 unspecified atom stereocenters. The predicted octanol–water partition coefficient (Wildman–Crippen LogP) is 2.31. The molecule has 12 heavy (non-hydrogen) atoms. The van der Waals surface area contributed by atoms with Gasteiger partial charge in [-0.25, -0.2) is 0 Å². The highest BCUT2D eigenvalue weighted by Crippen LogP contribution is 2.04. The second-order valence-electron chi connectivity index (χ2n) is 2.89. The van der Waals surface area contributed by atoms with E-state index in [2.05, 4.69) is 5.32 Å². The van der Waals surface area contributed by atoms with Gasteiger partial charge in [0.1, 0.15) is 0 Å². The molecule has 0 heterocycles. The first-order valence-corrected chi connectivity index (χ1v) is 5.05. The molecule has 1 N–H and O–H groups in total. The maximum atomic E-state index is 11.0. The van der Waals surface area contributed by atoms with Crippen LogP contribution in [0.4, 0.5) is 0 Å². The Labute approximate surface area is 79.7 Å². The first-order chi connectivity index (χ1) is 5.70. The van der Waals surface area contributed by atoms with Gasteiger partial charge in [-0.05, 0) is 19.3 Å². The summed E-state index contributed by atoms with van der Waals surface area (Å²) < 4.78 is 0. The van der Waals surface area contributed by atoms with E-state index in [0.29, 0.717) is 13.0 Å². The van der Waals surface area contributed by atoms with Crippen molar-refractivity contribution in [2.75, 3.05) is 6.54 Å². The van der Waals surface area contributed by atoms with E-state index in [4.69, 9.17) is 11.6 Å². The summed E-state index contributed by atoms with van der Waals surface area (Å²) in [6, 6.07) is 0. The summed E-state index contributed by atoms with van der Waals surface area (Å²) in [6.45, 7) is 4.75. The van der Waals surface area contributed by atoms with E-state index in [9.17, 15) is 4.79 Å². The molecular weight excluding hydrogens is 174 g/mol. The van der Waals surface area contributed by atoms with Crippen molar-refractivity contribution < 1.29 is 4.79 Å². The summed E-state index contributed by atoms with van der Waals surface area (Å²) in [5.74, 6) is 0.137. The Bertz CT molecular complexity index is 128. The van der Waals surface area contributed by atoms with Gasteiger partial charge in [0, 0.05) is 18.3 Å². The fourth-order valence-electron chi connectivity index (χ4n) is 0.888. The van der Waals surface area contributed by atoms with Crippen LogP contribution in [0.5, 0.6) is 0 Å². The lowest BCUT2D eigenvalue weighted by Gasteiger charge is -2.06. The number of hydrogen-bond donors (Lipinski definition) is 1. The highest BCUT2D eigenvalue weighted by Gasteiger charge is 2.02. The van der Waals surface area contributed by atoms with Crippen molar-refractivity contribution >= 4 is 17.5 Å².